The van der Waals surface area contributed by atoms with Gasteiger partial charge in [0, 0.05) is 11.6 Å². The zero-order valence-electron chi connectivity index (χ0n) is 13.4. The minimum Gasteiger partial charge on any atom is -0.489 e. The maximum atomic E-state index is 13.5. The van der Waals surface area contributed by atoms with Crippen LogP contribution >= 0.6 is 0 Å². The second-order valence-corrected chi connectivity index (χ2v) is 5.64. The third-order valence-electron chi connectivity index (χ3n) is 3.44. The first-order valence-electron chi connectivity index (χ1n) is 7.66. The minimum absolute atomic E-state index is 0.0205. The number of nitrogens with zero attached hydrogens (tertiary/aromatic N) is 1. The summed E-state index contributed by atoms with van der Waals surface area (Å²) in [5.74, 6) is -0.244. The van der Waals surface area contributed by atoms with Gasteiger partial charge >= 0.3 is 0 Å². The van der Waals surface area contributed by atoms with Gasteiger partial charge in [-0.15, -0.1) is 0 Å². The molecule has 1 aromatic heterocycles. The summed E-state index contributed by atoms with van der Waals surface area (Å²) in [6, 6.07) is 13.2. The van der Waals surface area contributed by atoms with Crippen LogP contribution in [-0.2, 0) is 0 Å². The summed E-state index contributed by atoms with van der Waals surface area (Å²) in [4.78, 5) is 16.7. The monoisotopic (exact) mass is 324 g/mol. The number of carbonyl (C=O) groups excluding carboxylic acids is 1. The van der Waals surface area contributed by atoms with E-state index < -0.39 is 11.7 Å². The fourth-order valence-corrected chi connectivity index (χ4v) is 2.43. The molecule has 0 saturated carbocycles. The predicted molar refractivity (Wildman–Crippen MR) is 91.9 cm³/mol. The number of benzene rings is 2. The highest BCUT2D eigenvalue weighted by atomic mass is 19.1. The second kappa shape index (κ2) is 6.66. The Labute approximate surface area is 139 Å². The Morgan fingerprint density at radius 1 is 1.17 bits per heavy atom. The van der Waals surface area contributed by atoms with E-state index in [0.717, 1.165) is 5.39 Å². The van der Waals surface area contributed by atoms with Crippen molar-refractivity contribution in [3.63, 3.8) is 0 Å². The van der Waals surface area contributed by atoms with Crippen LogP contribution in [0.3, 0.4) is 0 Å². The van der Waals surface area contributed by atoms with Crippen LogP contribution in [0.5, 0.6) is 5.75 Å². The molecular weight excluding hydrogens is 307 g/mol. The third kappa shape index (κ3) is 3.35. The Morgan fingerprint density at radius 2 is 1.96 bits per heavy atom. The van der Waals surface area contributed by atoms with Crippen LogP contribution in [0.25, 0.3) is 10.8 Å². The number of hydrogen-bond donors (Lipinski definition) is 1. The molecule has 1 heterocycles. The van der Waals surface area contributed by atoms with E-state index in [1.54, 1.807) is 30.3 Å². The van der Waals surface area contributed by atoms with Crippen LogP contribution < -0.4 is 10.1 Å². The fourth-order valence-electron chi connectivity index (χ4n) is 2.43. The van der Waals surface area contributed by atoms with E-state index in [-0.39, 0.29) is 11.8 Å². The fraction of sp³-hybridized carbons (Fsp3) is 0.158. The Morgan fingerprint density at radius 3 is 2.75 bits per heavy atom. The van der Waals surface area contributed by atoms with Gasteiger partial charge in [-0.2, -0.15) is 0 Å². The second-order valence-electron chi connectivity index (χ2n) is 5.64. The molecule has 2 aromatic carbocycles. The van der Waals surface area contributed by atoms with Gasteiger partial charge in [0.15, 0.2) is 0 Å². The molecule has 3 aromatic rings. The zero-order chi connectivity index (χ0) is 17.1. The van der Waals surface area contributed by atoms with Gasteiger partial charge in [0.25, 0.3) is 5.91 Å². The number of nitrogens with one attached hydrogen (secondary N) is 1. The SMILES string of the molecule is CC(C)Oc1ccccc1NC(=O)c1nccc2ccc(F)cc12. The van der Waals surface area contributed by atoms with Gasteiger partial charge in [-0.25, -0.2) is 4.39 Å². The van der Waals surface area contributed by atoms with Crippen molar-refractivity contribution in [2.45, 2.75) is 20.0 Å². The largest absolute Gasteiger partial charge is 0.489 e. The number of halogens is 1. The van der Waals surface area contributed by atoms with Crippen LogP contribution in [-0.4, -0.2) is 17.0 Å². The number of hydrogen-bond acceptors (Lipinski definition) is 3. The number of ether oxygens (including phenoxy) is 1. The number of aromatic nitrogens is 1. The summed E-state index contributed by atoms with van der Waals surface area (Å²) in [6.45, 7) is 3.82. The quantitative estimate of drug-likeness (QED) is 0.773. The number of carbonyl (C=O) groups is 1. The van der Waals surface area contributed by atoms with Crippen molar-refractivity contribution < 1.29 is 13.9 Å². The first-order valence-corrected chi connectivity index (χ1v) is 7.66. The van der Waals surface area contributed by atoms with Crippen molar-refractivity contribution >= 4 is 22.4 Å². The van der Waals surface area contributed by atoms with Crippen LogP contribution in [0, 0.1) is 5.82 Å². The average molecular weight is 324 g/mol. The lowest BCUT2D eigenvalue weighted by atomic mass is 10.1. The molecule has 122 valence electrons. The average Bonchev–Trinajstić information content (AvgIpc) is 2.55. The third-order valence-corrected chi connectivity index (χ3v) is 3.44. The molecule has 24 heavy (non-hydrogen) atoms. The summed E-state index contributed by atoms with van der Waals surface area (Å²) in [6.07, 6.45) is 1.51. The number of amides is 1. The molecule has 0 atom stereocenters. The number of rotatable bonds is 4. The normalized spacial score (nSPS) is 10.8. The van der Waals surface area contributed by atoms with E-state index in [4.69, 9.17) is 4.74 Å². The maximum absolute atomic E-state index is 13.5. The molecule has 0 fully saturated rings. The molecule has 0 bridgehead atoms. The Hall–Kier alpha value is -2.95. The van der Waals surface area contributed by atoms with E-state index in [1.807, 2.05) is 19.9 Å². The standard InChI is InChI=1S/C19H17FN2O2/c1-12(2)24-17-6-4-3-5-16(17)22-19(23)18-15-11-14(20)8-7-13(15)9-10-21-18/h3-12H,1-2H3,(H,22,23). The molecule has 3 rings (SSSR count). The summed E-state index contributed by atoms with van der Waals surface area (Å²) >= 11 is 0. The highest BCUT2D eigenvalue weighted by Gasteiger charge is 2.15. The molecule has 0 saturated heterocycles. The van der Waals surface area contributed by atoms with E-state index in [1.165, 1.54) is 18.3 Å². The van der Waals surface area contributed by atoms with E-state index in [2.05, 4.69) is 10.3 Å². The highest BCUT2D eigenvalue weighted by molar-refractivity contribution is 6.11. The van der Waals surface area contributed by atoms with Crippen LogP contribution in [0.15, 0.2) is 54.7 Å². The number of anilines is 1. The Balaban J connectivity index is 1.95. The minimum atomic E-state index is -0.411. The summed E-state index contributed by atoms with van der Waals surface area (Å²) in [5, 5.41) is 4.02. The van der Waals surface area contributed by atoms with Gasteiger partial charge in [-0.05, 0) is 49.6 Å². The van der Waals surface area contributed by atoms with Gasteiger partial charge in [0.2, 0.25) is 0 Å². The van der Waals surface area contributed by atoms with Gasteiger partial charge in [0.1, 0.15) is 17.3 Å². The summed E-state index contributed by atoms with van der Waals surface area (Å²) in [5.41, 5.74) is 0.720. The van der Waals surface area contributed by atoms with Crippen molar-refractivity contribution in [1.29, 1.82) is 0 Å². The lowest BCUT2D eigenvalue weighted by Crippen LogP contribution is -2.16. The molecule has 0 aliphatic carbocycles. The van der Waals surface area contributed by atoms with Gasteiger partial charge < -0.3 is 10.1 Å². The van der Waals surface area contributed by atoms with Gasteiger partial charge in [0.05, 0.1) is 11.8 Å². The first kappa shape index (κ1) is 15.9. The lowest BCUT2D eigenvalue weighted by molar-refractivity contribution is 0.102. The zero-order valence-corrected chi connectivity index (χ0v) is 13.4. The van der Waals surface area contributed by atoms with Crippen LogP contribution in [0.4, 0.5) is 10.1 Å². The number of fused-ring (bicyclic) bond motifs is 1. The van der Waals surface area contributed by atoms with Crippen molar-refractivity contribution in [3.8, 4) is 5.75 Å². The number of pyridine rings is 1. The molecule has 0 aliphatic heterocycles. The topological polar surface area (TPSA) is 51.2 Å². The molecule has 0 aliphatic rings. The molecule has 5 heteroatoms. The van der Waals surface area contributed by atoms with Crippen molar-refractivity contribution in [2.24, 2.45) is 0 Å². The molecule has 0 radical (unpaired) electrons. The number of para-hydroxylation sites is 2. The maximum Gasteiger partial charge on any atom is 0.275 e. The molecule has 0 spiro atoms. The van der Waals surface area contributed by atoms with E-state index in [9.17, 15) is 9.18 Å². The molecule has 1 amide bonds. The van der Waals surface area contributed by atoms with Crippen LogP contribution in [0.2, 0.25) is 0 Å². The van der Waals surface area contributed by atoms with E-state index in [0.29, 0.717) is 16.8 Å². The van der Waals surface area contributed by atoms with Crippen molar-refractivity contribution in [3.05, 3.63) is 66.2 Å². The molecular formula is C19H17FN2O2. The molecule has 1 N–H and O–H groups in total. The van der Waals surface area contributed by atoms with Crippen molar-refractivity contribution in [2.75, 3.05) is 5.32 Å². The lowest BCUT2D eigenvalue weighted by Gasteiger charge is -2.15. The smallest absolute Gasteiger partial charge is 0.275 e. The van der Waals surface area contributed by atoms with Crippen LogP contribution in [0.1, 0.15) is 24.3 Å². The summed E-state index contributed by atoms with van der Waals surface area (Å²) < 4.78 is 19.2. The van der Waals surface area contributed by atoms with Crippen molar-refractivity contribution in [1.82, 2.24) is 4.98 Å². The predicted octanol–water partition coefficient (Wildman–Crippen LogP) is 4.41. The Bertz CT molecular complexity index is 893. The van der Waals surface area contributed by atoms with E-state index >= 15 is 0 Å². The Kier molecular flexibility index (Phi) is 4.42. The summed E-state index contributed by atoms with van der Waals surface area (Å²) in [7, 11) is 0. The highest BCUT2D eigenvalue weighted by Crippen LogP contribution is 2.26. The van der Waals surface area contributed by atoms with Gasteiger partial charge in [-0.1, -0.05) is 18.2 Å². The molecule has 4 nitrogen and oxygen atoms in total. The first-order chi connectivity index (χ1) is 11.5. The van der Waals surface area contributed by atoms with Gasteiger partial charge in [-0.3, -0.25) is 9.78 Å². The molecule has 0 unspecified atom stereocenters.